The molecule has 0 radical (unpaired) electrons. The van der Waals surface area contributed by atoms with Crippen LogP contribution in [-0.4, -0.2) is 7.11 Å². The Morgan fingerprint density at radius 3 is 2.69 bits per heavy atom. The van der Waals surface area contributed by atoms with Crippen molar-refractivity contribution in [1.29, 1.82) is 0 Å². The first kappa shape index (κ1) is 10.4. The van der Waals surface area contributed by atoms with Crippen molar-refractivity contribution < 1.29 is 4.74 Å². The Morgan fingerprint density at radius 2 is 2.23 bits per heavy atom. The molecule has 2 N–H and O–H groups in total. The first-order valence-corrected chi connectivity index (χ1v) is 4.69. The molecule has 3 heteroatoms. The van der Waals surface area contributed by atoms with Gasteiger partial charge < -0.3 is 10.5 Å². The molecule has 0 amide bonds. The highest BCUT2D eigenvalue weighted by molar-refractivity contribution is 6.20. The molecule has 1 atom stereocenters. The number of nitrogens with two attached hydrogens (primary N) is 1. The summed E-state index contributed by atoms with van der Waals surface area (Å²) >= 11 is 5.76. The molecule has 0 aromatic heterocycles. The molecule has 2 nitrogen and oxygen atoms in total. The second-order valence-electron chi connectivity index (χ2n) is 2.83. The van der Waals surface area contributed by atoms with Crippen LogP contribution in [0.2, 0.25) is 0 Å². The number of halogens is 1. The maximum atomic E-state index is 5.76. The van der Waals surface area contributed by atoms with Gasteiger partial charge in [-0.15, -0.1) is 11.6 Å². The number of benzene rings is 1. The molecule has 0 fully saturated rings. The lowest BCUT2D eigenvalue weighted by Crippen LogP contribution is -2.03. The lowest BCUT2D eigenvalue weighted by atomic mass is 10.1. The highest BCUT2D eigenvalue weighted by atomic mass is 35.5. The Hall–Kier alpha value is -0.730. The number of hydrogen-bond donors (Lipinski definition) is 1. The molecule has 1 aromatic rings. The number of methoxy groups -OCH3 is 1. The van der Waals surface area contributed by atoms with Gasteiger partial charge in [0.2, 0.25) is 0 Å². The number of ether oxygens (including phenoxy) is 1. The van der Waals surface area contributed by atoms with Gasteiger partial charge in [0.1, 0.15) is 11.3 Å². The van der Waals surface area contributed by atoms with E-state index in [1.807, 2.05) is 18.2 Å². The summed E-state index contributed by atoms with van der Waals surface area (Å²) in [6.45, 7) is 2.07. The van der Waals surface area contributed by atoms with E-state index in [1.165, 1.54) is 0 Å². The molecule has 13 heavy (non-hydrogen) atoms. The Labute approximate surface area is 83.6 Å². The monoisotopic (exact) mass is 199 g/mol. The molecule has 1 rings (SSSR count). The predicted molar refractivity (Wildman–Crippen MR) is 55.2 cm³/mol. The van der Waals surface area contributed by atoms with Gasteiger partial charge >= 0.3 is 0 Å². The Bertz CT molecular complexity index is 286. The molecule has 72 valence electrons. The van der Waals surface area contributed by atoms with Gasteiger partial charge in [-0.05, 0) is 29.7 Å². The summed E-state index contributed by atoms with van der Waals surface area (Å²) in [5.41, 5.74) is 7.18. The zero-order valence-corrected chi connectivity index (χ0v) is 8.64. The molecule has 0 saturated heterocycles. The van der Waals surface area contributed by atoms with Gasteiger partial charge in [0, 0.05) is 0 Å². The number of hydrogen-bond acceptors (Lipinski definition) is 2. The van der Waals surface area contributed by atoms with Crippen molar-refractivity contribution in [2.45, 2.75) is 18.8 Å². The summed E-state index contributed by atoms with van der Waals surface area (Å²) in [5.74, 6) is 0.892. The second-order valence-corrected chi connectivity index (χ2v) is 3.30. The summed E-state index contributed by atoms with van der Waals surface area (Å²) in [5, 5.41) is 0. The molecule has 0 aliphatic rings. The van der Waals surface area contributed by atoms with Crippen LogP contribution in [0.1, 0.15) is 23.6 Å². The van der Waals surface area contributed by atoms with Crippen LogP contribution in [0, 0.1) is 0 Å². The third kappa shape index (κ3) is 2.36. The largest absolute Gasteiger partial charge is 0.496 e. The van der Waals surface area contributed by atoms with Crippen LogP contribution in [0.15, 0.2) is 18.2 Å². The lowest BCUT2D eigenvalue weighted by Gasteiger charge is -2.10. The van der Waals surface area contributed by atoms with Gasteiger partial charge in [-0.1, -0.05) is 13.0 Å². The lowest BCUT2D eigenvalue weighted by molar-refractivity contribution is 0.410. The highest BCUT2D eigenvalue weighted by Crippen LogP contribution is 2.24. The third-order valence-electron chi connectivity index (χ3n) is 2.00. The minimum Gasteiger partial charge on any atom is -0.496 e. The summed E-state index contributed by atoms with van der Waals surface area (Å²) in [6.07, 6.45) is 0.917. The van der Waals surface area contributed by atoms with E-state index in [0.717, 1.165) is 23.3 Å². The van der Waals surface area contributed by atoms with Crippen LogP contribution < -0.4 is 10.5 Å². The SMILES string of the molecule is CCc1cc(C(N)Cl)ccc1OC. The highest BCUT2D eigenvalue weighted by Gasteiger charge is 2.05. The van der Waals surface area contributed by atoms with Crippen molar-refractivity contribution in [3.63, 3.8) is 0 Å². The standard InChI is InChI=1S/C10H14ClNO/c1-3-7-6-8(10(11)12)4-5-9(7)13-2/h4-6,10H,3,12H2,1-2H3. The molecule has 0 aliphatic carbocycles. The minimum atomic E-state index is -0.434. The molecule has 0 aliphatic heterocycles. The van der Waals surface area contributed by atoms with Crippen LogP contribution in [0.25, 0.3) is 0 Å². The minimum absolute atomic E-state index is 0.434. The number of alkyl halides is 1. The molecule has 0 spiro atoms. The van der Waals surface area contributed by atoms with Crippen molar-refractivity contribution >= 4 is 11.6 Å². The van der Waals surface area contributed by atoms with Gasteiger partial charge in [0.15, 0.2) is 0 Å². The number of aryl methyl sites for hydroxylation is 1. The first-order valence-electron chi connectivity index (χ1n) is 4.25. The van der Waals surface area contributed by atoms with Gasteiger partial charge in [0.05, 0.1) is 7.11 Å². The normalized spacial score (nSPS) is 12.6. The summed E-state index contributed by atoms with van der Waals surface area (Å²) in [4.78, 5) is 0. The fourth-order valence-electron chi connectivity index (χ4n) is 1.25. The van der Waals surface area contributed by atoms with E-state index in [-0.39, 0.29) is 0 Å². The molecule has 0 saturated carbocycles. The smallest absolute Gasteiger partial charge is 0.122 e. The van der Waals surface area contributed by atoms with Crippen molar-refractivity contribution in [2.75, 3.05) is 7.11 Å². The van der Waals surface area contributed by atoms with Gasteiger partial charge in [0.25, 0.3) is 0 Å². The second kappa shape index (κ2) is 4.49. The maximum Gasteiger partial charge on any atom is 0.122 e. The number of rotatable bonds is 3. The third-order valence-corrected chi connectivity index (χ3v) is 2.26. The van der Waals surface area contributed by atoms with Gasteiger partial charge in [-0.2, -0.15) is 0 Å². The fourth-order valence-corrected chi connectivity index (χ4v) is 1.38. The van der Waals surface area contributed by atoms with Crippen LogP contribution in [0.3, 0.4) is 0 Å². The summed E-state index contributed by atoms with van der Waals surface area (Å²) < 4.78 is 5.19. The Kier molecular flexibility index (Phi) is 3.58. The van der Waals surface area contributed by atoms with E-state index in [0.29, 0.717) is 0 Å². The van der Waals surface area contributed by atoms with Crippen LogP contribution in [0.5, 0.6) is 5.75 Å². The zero-order chi connectivity index (χ0) is 9.84. The topological polar surface area (TPSA) is 35.2 Å². The van der Waals surface area contributed by atoms with E-state index < -0.39 is 5.50 Å². The van der Waals surface area contributed by atoms with Gasteiger partial charge in [-0.25, -0.2) is 0 Å². The van der Waals surface area contributed by atoms with E-state index in [2.05, 4.69) is 6.92 Å². The van der Waals surface area contributed by atoms with Crippen molar-refractivity contribution in [2.24, 2.45) is 5.73 Å². The quantitative estimate of drug-likeness (QED) is 0.600. The van der Waals surface area contributed by atoms with E-state index in [9.17, 15) is 0 Å². The first-order chi connectivity index (χ1) is 6.19. The van der Waals surface area contributed by atoms with Gasteiger partial charge in [-0.3, -0.25) is 0 Å². The molecule has 0 heterocycles. The molecular weight excluding hydrogens is 186 g/mol. The van der Waals surface area contributed by atoms with Crippen LogP contribution >= 0.6 is 11.6 Å². The van der Waals surface area contributed by atoms with Crippen molar-refractivity contribution in [3.05, 3.63) is 29.3 Å². The van der Waals surface area contributed by atoms with Crippen molar-refractivity contribution in [1.82, 2.24) is 0 Å². The average Bonchev–Trinajstić information content (AvgIpc) is 2.16. The maximum absolute atomic E-state index is 5.76. The summed E-state index contributed by atoms with van der Waals surface area (Å²) in [7, 11) is 1.66. The van der Waals surface area contributed by atoms with Crippen molar-refractivity contribution in [3.8, 4) is 5.75 Å². The molecule has 1 unspecified atom stereocenters. The average molecular weight is 200 g/mol. The Morgan fingerprint density at radius 1 is 1.54 bits per heavy atom. The molecule has 1 aromatic carbocycles. The van der Waals surface area contributed by atoms with Crippen LogP contribution in [-0.2, 0) is 6.42 Å². The molecule has 0 bridgehead atoms. The predicted octanol–water partition coefficient (Wildman–Crippen LogP) is 2.45. The van der Waals surface area contributed by atoms with E-state index in [4.69, 9.17) is 22.1 Å². The Balaban J connectivity index is 3.05. The summed E-state index contributed by atoms with van der Waals surface area (Å²) in [6, 6.07) is 5.77. The van der Waals surface area contributed by atoms with E-state index >= 15 is 0 Å². The fraction of sp³-hybridized carbons (Fsp3) is 0.400. The van der Waals surface area contributed by atoms with E-state index in [1.54, 1.807) is 7.11 Å². The molecular formula is C10H14ClNO. The van der Waals surface area contributed by atoms with Crippen LogP contribution in [0.4, 0.5) is 0 Å². The zero-order valence-electron chi connectivity index (χ0n) is 7.88.